The standard InChI is InChI=1S/C10H8O3S.C4H6O6/c11-14(12,13)10-7-3-5-8-4-1-2-6-9(8)10;5-1(3(7)8)2(6)4(9)10/h1-7H,(H,11,12,13);1-2,5-6H,(H,7,8)(H,9,10). The maximum Gasteiger partial charge on any atom is 0.335 e. The lowest BCUT2D eigenvalue weighted by molar-refractivity contribution is -0.165. The van der Waals surface area contributed by atoms with E-state index in [1.165, 1.54) is 6.07 Å². The zero-order chi connectivity index (χ0) is 18.5. The van der Waals surface area contributed by atoms with Gasteiger partial charge in [0.15, 0.2) is 12.2 Å². The highest BCUT2D eigenvalue weighted by Crippen LogP contribution is 2.21. The van der Waals surface area contributed by atoms with Crippen LogP contribution >= 0.6 is 0 Å². The summed E-state index contributed by atoms with van der Waals surface area (Å²) in [5, 5.41) is 33.9. The molecule has 0 fully saturated rings. The van der Waals surface area contributed by atoms with Gasteiger partial charge >= 0.3 is 11.9 Å². The van der Waals surface area contributed by atoms with Crippen molar-refractivity contribution >= 4 is 32.8 Å². The van der Waals surface area contributed by atoms with Crippen molar-refractivity contribution in [3.8, 4) is 0 Å². The number of carboxylic acid groups (broad SMARTS) is 2. The number of rotatable bonds is 4. The molecule has 0 bridgehead atoms. The van der Waals surface area contributed by atoms with Gasteiger partial charge in [-0.1, -0.05) is 36.4 Å². The minimum atomic E-state index is -4.13. The molecule has 9 nitrogen and oxygen atoms in total. The van der Waals surface area contributed by atoms with Crippen LogP contribution in [0.3, 0.4) is 0 Å². The number of aliphatic hydroxyl groups excluding tert-OH is 2. The van der Waals surface area contributed by atoms with Crippen LogP contribution in [0.2, 0.25) is 0 Å². The summed E-state index contributed by atoms with van der Waals surface area (Å²) >= 11 is 0. The van der Waals surface area contributed by atoms with Crippen LogP contribution in [0.1, 0.15) is 0 Å². The molecule has 0 spiro atoms. The van der Waals surface area contributed by atoms with E-state index in [0.29, 0.717) is 5.39 Å². The van der Waals surface area contributed by atoms with Gasteiger partial charge in [0.2, 0.25) is 0 Å². The SMILES string of the molecule is O=C(O)C(O)C(O)C(=O)O.O=S(=O)(O)c1cccc2ccccc12. The lowest BCUT2D eigenvalue weighted by atomic mass is 10.1. The maximum atomic E-state index is 11.0. The molecule has 2 unspecified atom stereocenters. The average molecular weight is 358 g/mol. The average Bonchev–Trinajstić information content (AvgIpc) is 2.52. The predicted molar refractivity (Wildman–Crippen MR) is 81.0 cm³/mol. The van der Waals surface area contributed by atoms with E-state index in [9.17, 15) is 18.0 Å². The third-order valence-electron chi connectivity index (χ3n) is 2.83. The Kier molecular flexibility index (Phi) is 6.37. The predicted octanol–water partition coefficient (Wildman–Crippen LogP) is -0.0361. The van der Waals surface area contributed by atoms with Crippen LogP contribution in [-0.4, -0.2) is 57.5 Å². The van der Waals surface area contributed by atoms with E-state index in [1.54, 1.807) is 30.3 Å². The van der Waals surface area contributed by atoms with Crippen LogP contribution in [0.15, 0.2) is 47.4 Å². The number of hydrogen-bond acceptors (Lipinski definition) is 6. The molecular formula is C14H14O9S. The van der Waals surface area contributed by atoms with Gasteiger partial charge in [-0.3, -0.25) is 4.55 Å². The zero-order valence-corrected chi connectivity index (χ0v) is 12.8. The van der Waals surface area contributed by atoms with Crippen molar-refractivity contribution in [3.63, 3.8) is 0 Å². The first kappa shape index (κ1) is 19.5. The van der Waals surface area contributed by atoms with Crippen molar-refractivity contribution in [2.45, 2.75) is 17.1 Å². The molecule has 0 aliphatic rings. The van der Waals surface area contributed by atoms with Gasteiger partial charge in [0.05, 0.1) is 0 Å². The minimum absolute atomic E-state index is 0.0457. The molecule has 0 aliphatic heterocycles. The molecule has 2 aromatic rings. The Hall–Kier alpha value is -2.53. The van der Waals surface area contributed by atoms with Gasteiger partial charge in [0, 0.05) is 5.39 Å². The third-order valence-corrected chi connectivity index (χ3v) is 3.74. The number of hydrogen-bond donors (Lipinski definition) is 5. The molecule has 5 N–H and O–H groups in total. The van der Waals surface area contributed by atoms with E-state index in [1.807, 2.05) is 6.07 Å². The van der Waals surface area contributed by atoms with Gasteiger partial charge in [-0.2, -0.15) is 8.42 Å². The summed E-state index contributed by atoms with van der Waals surface area (Å²) in [7, 11) is -4.13. The summed E-state index contributed by atoms with van der Waals surface area (Å²) in [5.41, 5.74) is 0. The Balaban J connectivity index is 0.000000257. The molecule has 10 heteroatoms. The van der Waals surface area contributed by atoms with Crippen LogP contribution in [0.4, 0.5) is 0 Å². The van der Waals surface area contributed by atoms with Crippen molar-refractivity contribution in [3.05, 3.63) is 42.5 Å². The van der Waals surface area contributed by atoms with Crippen molar-refractivity contribution in [1.82, 2.24) is 0 Å². The second kappa shape index (κ2) is 7.84. The highest BCUT2D eigenvalue weighted by atomic mass is 32.2. The molecule has 0 saturated heterocycles. The highest BCUT2D eigenvalue weighted by molar-refractivity contribution is 7.86. The second-order valence-corrected chi connectivity index (χ2v) is 5.91. The Morgan fingerprint density at radius 2 is 1.29 bits per heavy atom. The second-order valence-electron chi connectivity index (χ2n) is 4.52. The number of carbonyl (C=O) groups is 2. The number of fused-ring (bicyclic) bond motifs is 1. The molecule has 2 atom stereocenters. The lowest BCUT2D eigenvalue weighted by Crippen LogP contribution is -2.39. The van der Waals surface area contributed by atoms with Gasteiger partial charge < -0.3 is 20.4 Å². The summed E-state index contributed by atoms with van der Waals surface area (Å²) in [6.07, 6.45) is -4.53. The van der Waals surface area contributed by atoms with Gasteiger partial charge in [0.1, 0.15) is 4.90 Å². The van der Waals surface area contributed by atoms with E-state index >= 15 is 0 Å². The molecule has 2 aromatic carbocycles. The molecule has 0 heterocycles. The number of carboxylic acids is 2. The Labute approximate surface area is 136 Å². The monoisotopic (exact) mass is 358 g/mol. The fraction of sp³-hybridized carbons (Fsp3) is 0.143. The van der Waals surface area contributed by atoms with Crippen molar-refractivity contribution in [2.24, 2.45) is 0 Å². The molecule has 0 aromatic heterocycles. The summed E-state index contributed by atoms with van der Waals surface area (Å²) in [6.45, 7) is 0. The van der Waals surface area contributed by atoms with Crippen molar-refractivity contribution in [1.29, 1.82) is 0 Å². The smallest absolute Gasteiger partial charge is 0.335 e. The van der Waals surface area contributed by atoms with Crippen molar-refractivity contribution < 1.29 is 43.0 Å². The third kappa shape index (κ3) is 4.99. The molecule has 2 rings (SSSR count). The van der Waals surface area contributed by atoms with E-state index in [0.717, 1.165) is 5.39 Å². The molecule has 0 amide bonds. The summed E-state index contributed by atoms with van der Waals surface area (Å²) in [4.78, 5) is 19.5. The van der Waals surface area contributed by atoms with Crippen molar-refractivity contribution in [2.75, 3.05) is 0 Å². The Bertz CT molecular complexity index is 821. The van der Waals surface area contributed by atoms with Gasteiger partial charge in [-0.25, -0.2) is 9.59 Å². The number of aliphatic carboxylic acids is 2. The van der Waals surface area contributed by atoms with E-state index < -0.39 is 34.3 Å². The Morgan fingerprint density at radius 3 is 1.75 bits per heavy atom. The summed E-state index contributed by atoms with van der Waals surface area (Å²) in [6, 6.07) is 11.8. The van der Waals surface area contributed by atoms with Crippen LogP contribution in [0.25, 0.3) is 10.8 Å². The van der Waals surface area contributed by atoms with E-state index in [2.05, 4.69) is 0 Å². The van der Waals surface area contributed by atoms with E-state index in [-0.39, 0.29) is 4.90 Å². The minimum Gasteiger partial charge on any atom is -0.479 e. The molecule has 0 saturated carbocycles. The lowest BCUT2D eigenvalue weighted by Gasteiger charge is -2.07. The number of benzene rings is 2. The van der Waals surface area contributed by atoms with Gasteiger partial charge in [0.25, 0.3) is 10.1 Å². The van der Waals surface area contributed by atoms with Crippen LogP contribution in [0.5, 0.6) is 0 Å². The first-order valence-electron chi connectivity index (χ1n) is 6.32. The quantitative estimate of drug-likeness (QED) is 0.471. The zero-order valence-electron chi connectivity index (χ0n) is 12.0. The topological polar surface area (TPSA) is 169 Å². The molecular weight excluding hydrogens is 344 g/mol. The fourth-order valence-electron chi connectivity index (χ4n) is 1.69. The van der Waals surface area contributed by atoms with Gasteiger partial charge in [-0.05, 0) is 11.5 Å². The fourth-order valence-corrected chi connectivity index (χ4v) is 2.41. The normalized spacial score (nSPS) is 13.5. The van der Waals surface area contributed by atoms with Gasteiger partial charge in [-0.15, -0.1) is 0 Å². The van der Waals surface area contributed by atoms with E-state index in [4.69, 9.17) is 25.0 Å². The molecule has 130 valence electrons. The summed E-state index contributed by atoms with van der Waals surface area (Å²) < 4.78 is 31.0. The van der Waals surface area contributed by atoms with Crippen LogP contribution < -0.4 is 0 Å². The first-order valence-corrected chi connectivity index (χ1v) is 7.76. The molecule has 24 heavy (non-hydrogen) atoms. The first-order chi connectivity index (χ1) is 11.1. The summed E-state index contributed by atoms with van der Waals surface area (Å²) in [5.74, 6) is -3.54. The molecule has 0 aliphatic carbocycles. The Morgan fingerprint density at radius 1 is 0.833 bits per heavy atom. The molecule has 0 radical (unpaired) electrons. The number of aliphatic hydroxyl groups is 2. The largest absolute Gasteiger partial charge is 0.479 e. The van der Waals surface area contributed by atoms with Crippen LogP contribution in [-0.2, 0) is 19.7 Å². The maximum absolute atomic E-state index is 11.0. The highest BCUT2D eigenvalue weighted by Gasteiger charge is 2.29. The van der Waals surface area contributed by atoms with Crippen LogP contribution in [0, 0.1) is 0 Å².